The summed E-state index contributed by atoms with van der Waals surface area (Å²) < 4.78 is 0.908. The summed E-state index contributed by atoms with van der Waals surface area (Å²) in [5.41, 5.74) is 0.820. The molecule has 0 bridgehead atoms. The highest BCUT2D eigenvalue weighted by atomic mass is 79.9. The molecule has 1 amide bonds. The number of rotatable bonds is 5. The highest BCUT2D eigenvalue weighted by Crippen LogP contribution is 2.22. The average molecular weight is 329 g/mol. The normalized spacial score (nSPS) is 18.8. The Morgan fingerprint density at radius 1 is 1.44 bits per heavy atom. The van der Waals surface area contributed by atoms with Crippen LogP contribution < -0.4 is 10.6 Å². The molecule has 98 valence electrons. The van der Waals surface area contributed by atoms with Gasteiger partial charge >= 0.3 is 0 Å². The quantitative estimate of drug-likeness (QED) is 0.873. The molecular formula is C13H17BrN2OS. The van der Waals surface area contributed by atoms with E-state index in [-0.39, 0.29) is 5.91 Å². The van der Waals surface area contributed by atoms with Crippen molar-refractivity contribution in [2.45, 2.75) is 6.42 Å². The summed E-state index contributed by atoms with van der Waals surface area (Å²) in [6.07, 6.45) is 1.27. The first-order chi connectivity index (χ1) is 8.75. The Hall–Kier alpha value is -0.520. The summed E-state index contributed by atoms with van der Waals surface area (Å²) >= 11 is 5.41. The van der Waals surface area contributed by atoms with E-state index in [0.29, 0.717) is 6.54 Å². The number of carbonyl (C=O) groups excluding carboxylic acids is 1. The van der Waals surface area contributed by atoms with Crippen molar-refractivity contribution in [1.82, 2.24) is 5.32 Å². The minimum atomic E-state index is 0.00699. The van der Waals surface area contributed by atoms with Crippen LogP contribution in [-0.2, 0) is 4.79 Å². The van der Waals surface area contributed by atoms with Gasteiger partial charge in [-0.15, -0.1) is 0 Å². The van der Waals surface area contributed by atoms with Crippen molar-refractivity contribution < 1.29 is 4.79 Å². The molecule has 1 aliphatic heterocycles. The second-order valence-corrected chi connectivity index (χ2v) is 6.39. The van der Waals surface area contributed by atoms with E-state index in [2.05, 4.69) is 26.6 Å². The second-order valence-electron chi connectivity index (χ2n) is 4.39. The summed E-state index contributed by atoms with van der Waals surface area (Å²) in [6.45, 7) is 1.32. The molecule has 1 aliphatic rings. The van der Waals surface area contributed by atoms with Gasteiger partial charge in [0.2, 0.25) is 5.91 Å². The van der Waals surface area contributed by atoms with Crippen molar-refractivity contribution >= 4 is 39.3 Å². The molecular weight excluding hydrogens is 312 g/mol. The van der Waals surface area contributed by atoms with Gasteiger partial charge in [-0.3, -0.25) is 4.79 Å². The van der Waals surface area contributed by atoms with Gasteiger partial charge in [-0.1, -0.05) is 12.1 Å². The Balaban J connectivity index is 1.70. The molecule has 5 heteroatoms. The summed E-state index contributed by atoms with van der Waals surface area (Å²) in [6, 6.07) is 7.63. The fourth-order valence-electron chi connectivity index (χ4n) is 1.89. The summed E-state index contributed by atoms with van der Waals surface area (Å²) in [5, 5.41) is 6.11. The first-order valence-electron chi connectivity index (χ1n) is 6.08. The molecule has 0 radical (unpaired) electrons. The minimum absolute atomic E-state index is 0.00699. The molecule has 1 saturated heterocycles. The summed E-state index contributed by atoms with van der Waals surface area (Å²) in [7, 11) is 0. The Morgan fingerprint density at radius 3 is 3.00 bits per heavy atom. The number of nitrogens with one attached hydrogen (secondary N) is 2. The van der Waals surface area contributed by atoms with Crippen molar-refractivity contribution in [2.75, 3.05) is 29.9 Å². The average Bonchev–Trinajstić information content (AvgIpc) is 2.85. The third-order valence-corrected chi connectivity index (χ3v) is 4.81. The van der Waals surface area contributed by atoms with Crippen LogP contribution >= 0.6 is 27.7 Å². The van der Waals surface area contributed by atoms with E-state index in [1.54, 1.807) is 0 Å². The molecule has 0 spiro atoms. The fourth-order valence-corrected chi connectivity index (χ4v) is 3.56. The molecule has 0 aromatic heterocycles. The monoisotopic (exact) mass is 328 g/mol. The maximum Gasteiger partial charge on any atom is 0.238 e. The van der Waals surface area contributed by atoms with Crippen LogP contribution in [0.5, 0.6) is 0 Å². The molecule has 2 rings (SSSR count). The van der Waals surface area contributed by atoms with E-state index in [9.17, 15) is 4.79 Å². The van der Waals surface area contributed by atoms with Crippen LogP contribution in [0.25, 0.3) is 0 Å². The maximum atomic E-state index is 11.7. The van der Waals surface area contributed by atoms with Crippen molar-refractivity contribution in [3.05, 3.63) is 28.7 Å². The standard InChI is InChI=1S/C13H17BrN2OS/c14-11-3-1-2-4-12(11)16-13(17)8-15-7-10-5-6-18-9-10/h1-4,10,15H,5-9H2,(H,16,17). The Morgan fingerprint density at radius 2 is 2.28 bits per heavy atom. The first kappa shape index (κ1) is 13.9. The van der Waals surface area contributed by atoms with Crippen molar-refractivity contribution in [2.24, 2.45) is 5.92 Å². The smallest absolute Gasteiger partial charge is 0.238 e. The highest BCUT2D eigenvalue weighted by molar-refractivity contribution is 9.10. The van der Waals surface area contributed by atoms with Crippen LogP contribution in [0.2, 0.25) is 0 Å². The zero-order valence-corrected chi connectivity index (χ0v) is 12.5. The topological polar surface area (TPSA) is 41.1 Å². The van der Waals surface area contributed by atoms with Crippen LogP contribution in [0, 0.1) is 5.92 Å². The third kappa shape index (κ3) is 4.30. The number of thioether (sulfide) groups is 1. The van der Waals surface area contributed by atoms with Crippen LogP contribution in [0.1, 0.15) is 6.42 Å². The van der Waals surface area contributed by atoms with E-state index in [1.165, 1.54) is 17.9 Å². The maximum absolute atomic E-state index is 11.7. The number of carbonyl (C=O) groups is 1. The van der Waals surface area contributed by atoms with E-state index < -0.39 is 0 Å². The lowest BCUT2D eigenvalue weighted by Gasteiger charge is -2.10. The number of benzene rings is 1. The largest absolute Gasteiger partial charge is 0.324 e. The number of anilines is 1. The minimum Gasteiger partial charge on any atom is -0.324 e. The number of para-hydroxylation sites is 1. The summed E-state index contributed by atoms with van der Waals surface area (Å²) in [5.74, 6) is 3.22. The number of halogens is 1. The van der Waals surface area contributed by atoms with Gasteiger partial charge in [-0.05, 0) is 58.5 Å². The molecule has 1 heterocycles. The Kier molecular flexibility index (Phi) is 5.53. The second kappa shape index (κ2) is 7.16. The van der Waals surface area contributed by atoms with Gasteiger partial charge in [-0.2, -0.15) is 11.8 Å². The van der Waals surface area contributed by atoms with Crippen LogP contribution in [0.3, 0.4) is 0 Å². The highest BCUT2D eigenvalue weighted by Gasteiger charge is 2.15. The van der Waals surface area contributed by atoms with E-state index >= 15 is 0 Å². The molecule has 1 fully saturated rings. The lowest BCUT2D eigenvalue weighted by atomic mass is 10.1. The predicted molar refractivity (Wildman–Crippen MR) is 81.1 cm³/mol. The zero-order valence-electron chi connectivity index (χ0n) is 10.1. The van der Waals surface area contributed by atoms with Crippen molar-refractivity contribution in [3.8, 4) is 0 Å². The zero-order chi connectivity index (χ0) is 12.8. The number of amides is 1. The van der Waals surface area contributed by atoms with Gasteiger partial charge in [-0.25, -0.2) is 0 Å². The Bertz CT molecular complexity index is 408. The molecule has 0 aliphatic carbocycles. The number of hydrogen-bond donors (Lipinski definition) is 2. The fraction of sp³-hybridized carbons (Fsp3) is 0.462. The van der Waals surface area contributed by atoms with Crippen molar-refractivity contribution in [3.63, 3.8) is 0 Å². The molecule has 0 saturated carbocycles. The van der Waals surface area contributed by atoms with Gasteiger partial charge in [0.05, 0.1) is 12.2 Å². The van der Waals surface area contributed by atoms with Gasteiger partial charge in [0.15, 0.2) is 0 Å². The van der Waals surface area contributed by atoms with Crippen LogP contribution in [-0.4, -0.2) is 30.5 Å². The first-order valence-corrected chi connectivity index (χ1v) is 8.03. The van der Waals surface area contributed by atoms with Gasteiger partial charge in [0.1, 0.15) is 0 Å². The van der Waals surface area contributed by atoms with Gasteiger partial charge in [0.25, 0.3) is 0 Å². The third-order valence-electron chi connectivity index (χ3n) is 2.89. The molecule has 18 heavy (non-hydrogen) atoms. The van der Waals surface area contributed by atoms with Gasteiger partial charge in [0, 0.05) is 4.47 Å². The molecule has 3 nitrogen and oxygen atoms in total. The predicted octanol–water partition coefficient (Wildman–Crippen LogP) is 2.73. The SMILES string of the molecule is O=C(CNCC1CCSC1)Nc1ccccc1Br. The van der Waals surface area contributed by atoms with E-state index in [4.69, 9.17) is 0 Å². The van der Waals surface area contributed by atoms with Crippen LogP contribution in [0.15, 0.2) is 28.7 Å². The van der Waals surface area contributed by atoms with E-state index in [0.717, 1.165) is 22.6 Å². The Labute approximate surface area is 120 Å². The molecule has 1 aromatic carbocycles. The lowest BCUT2D eigenvalue weighted by molar-refractivity contribution is -0.115. The molecule has 1 atom stereocenters. The molecule has 1 unspecified atom stereocenters. The summed E-state index contributed by atoms with van der Waals surface area (Å²) in [4.78, 5) is 11.7. The molecule has 2 N–H and O–H groups in total. The lowest BCUT2D eigenvalue weighted by Crippen LogP contribution is -2.31. The van der Waals surface area contributed by atoms with Gasteiger partial charge < -0.3 is 10.6 Å². The van der Waals surface area contributed by atoms with Crippen LogP contribution in [0.4, 0.5) is 5.69 Å². The van der Waals surface area contributed by atoms with Crippen molar-refractivity contribution in [1.29, 1.82) is 0 Å². The molecule has 1 aromatic rings. The number of hydrogen-bond acceptors (Lipinski definition) is 3. The van der Waals surface area contributed by atoms with E-state index in [1.807, 2.05) is 36.0 Å².